The van der Waals surface area contributed by atoms with Crippen LogP contribution in [0.15, 0.2) is 12.4 Å². The molecule has 7 heteroatoms. The van der Waals surface area contributed by atoms with Crippen molar-refractivity contribution in [2.75, 3.05) is 0 Å². The van der Waals surface area contributed by atoms with Crippen LogP contribution in [-0.4, -0.2) is 33.5 Å². The molecule has 0 bridgehead atoms. The molecule has 0 spiro atoms. The highest BCUT2D eigenvalue weighted by Gasteiger charge is 2.23. The van der Waals surface area contributed by atoms with E-state index < -0.39 is 23.5 Å². The lowest BCUT2D eigenvalue weighted by Crippen LogP contribution is -2.42. The molecule has 0 saturated carbocycles. The summed E-state index contributed by atoms with van der Waals surface area (Å²) in [7, 11) is 0. The van der Waals surface area contributed by atoms with Crippen molar-refractivity contribution in [3.8, 4) is 0 Å². The SMILES string of the molecule is C[C@@H](NC(=O)c1cnc(Cl)cn1)C(=O)OC(C)(C)C. The Bertz CT molecular complexity index is 468. The van der Waals surface area contributed by atoms with Gasteiger partial charge in [0.2, 0.25) is 0 Å². The Morgan fingerprint density at radius 2 is 1.95 bits per heavy atom. The first kappa shape index (κ1) is 15.4. The molecule has 1 aromatic rings. The van der Waals surface area contributed by atoms with Crippen LogP contribution in [0.2, 0.25) is 5.15 Å². The predicted octanol–water partition coefficient (Wildman–Crippen LogP) is 1.59. The van der Waals surface area contributed by atoms with Crippen molar-refractivity contribution in [1.82, 2.24) is 15.3 Å². The summed E-state index contributed by atoms with van der Waals surface area (Å²) in [4.78, 5) is 31.0. The zero-order valence-electron chi connectivity index (χ0n) is 11.2. The Morgan fingerprint density at radius 3 is 2.42 bits per heavy atom. The Kier molecular flexibility index (Phi) is 4.83. The second-order valence-corrected chi connectivity index (χ2v) is 5.34. The fourth-order valence-corrected chi connectivity index (χ4v) is 1.25. The van der Waals surface area contributed by atoms with Gasteiger partial charge in [-0.05, 0) is 27.7 Å². The van der Waals surface area contributed by atoms with E-state index in [1.807, 2.05) is 0 Å². The molecule has 0 unspecified atom stereocenters. The number of esters is 1. The maximum Gasteiger partial charge on any atom is 0.328 e. The first-order valence-electron chi connectivity index (χ1n) is 5.70. The minimum atomic E-state index is -0.774. The number of carbonyl (C=O) groups is 2. The van der Waals surface area contributed by atoms with Crippen molar-refractivity contribution in [3.63, 3.8) is 0 Å². The molecule has 1 atom stereocenters. The lowest BCUT2D eigenvalue weighted by atomic mass is 10.2. The first-order chi connectivity index (χ1) is 8.69. The molecular weight excluding hydrogens is 270 g/mol. The maximum atomic E-state index is 11.8. The van der Waals surface area contributed by atoms with E-state index >= 15 is 0 Å². The molecule has 1 N–H and O–H groups in total. The average molecular weight is 286 g/mol. The van der Waals surface area contributed by atoms with Crippen LogP contribution in [0.1, 0.15) is 38.2 Å². The highest BCUT2D eigenvalue weighted by Crippen LogP contribution is 2.08. The molecule has 0 radical (unpaired) electrons. The fraction of sp³-hybridized carbons (Fsp3) is 0.500. The van der Waals surface area contributed by atoms with E-state index in [4.69, 9.17) is 16.3 Å². The highest BCUT2D eigenvalue weighted by atomic mass is 35.5. The van der Waals surface area contributed by atoms with Crippen molar-refractivity contribution in [2.45, 2.75) is 39.3 Å². The third-order valence-electron chi connectivity index (χ3n) is 1.96. The van der Waals surface area contributed by atoms with E-state index in [0.717, 1.165) is 0 Å². The van der Waals surface area contributed by atoms with Crippen molar-refractivity contribution in [2.24, 2.45) is 0 Å². The number of ether oxygens (including phenoxy) is 1. The summed E-state index contributed by atoms with van der Waals surface area (Å²) >= 11 is 5.57. The maximum absolute atomic E-state index is 11.8. The van der Waals surface area contributed by atoms with Gasteiger partial charge in [0, 0.05) is 0 Å². The number of halogens is 1. The molecule has 1 amide bonds. The van der Waals surface area contributed by atoms with Crippen LogP contribution in [0.25, 0.3) is 0 Å². The Balaban J connectivity index is 2.61. The smallest absolute Gasteiger partial charge is 0.328 e. The molecule has 6 nitrogen and oxygen atoms in total. The largest absolute Gasteiger partial charge is 0.458 e. The lowest BCUT2D eigenvalue weighted by molar-refractivity contribution is -0.156. The van der Waals surface area contributed by atoms with E-state index in [-0.39, 0.29) is 10.8 Å². The molecule has 0 saturated heterocycles. The molecule has 0 aliphatic heterocycles. The Morgan fingerprint density at radius 1 is 1.32 bits per heavy atom. The van der Waals surface area contributed by atoms with Crippen molar-refractivity contribution < 1.29 is 14.3 Å². The van der Waals surface area contributed by atoms with Gasteiger partial charge in [0.15, 0.2) is 0 Å². The number of carbonyl (C=O) groups excluding carboxylic acids is 2. The predicted molar refractivity (Wildman–Crippen MR) is 69.8 cm³/mol. The van der Waals surface area contributed by atoms with E-state index in [0.29, 0.717) is 0 Å². The van der Waals surface area contributed by atoms with Gasteiger partial charge < -0.3 is 10.1 Å². The molecule has 19 heavy (non-hydrogen) atoms. The number of hydrogen-bond acceptors (Lipinski definition) is 5. The molecule has 0 aliphatic carbocycles. The molecule has 0 aromatic carbocycles. The summed E-state index contributed by atoms with van der Waals surface area (Å²) in [6, 6.07) is -0.774. The van der Waals surface area contributed by atoms with Gasteiger partial charge in [0.1, 0.15) is 22.5 Å². The molecule has 104 valence electrons. The number of rotatable bonds is 3. The number of nitrogens with one attached hydrogen (secondary N) is 1. The number of hydrogen-bond donors (Lipinski definition) is 1. The molecule has 0 aliphatic rings. The second-order valence-electron chi connectivity index (χ2n) is 4.95. The van der Waals surface area contributed by atoms with E-state index in [1.54, 1.807) is 20.8 Å². The minimum Gasteiger partial charge on any atom is -0.458 e. The van der Waals surface area contributed by atoms with Gasteiger partial charge in [0.05, 0.1) is 12.4 Å². The zero-order chi connectivity index (χ0) is 14.6. The van der Waals surface area contributed by atoms with Crippen LogP contribution in [0.3, 0.4) is 0 Å². The number of nitrogens with zero attached hydrogens (tertiary/aromatic N) is 2. The van der Waals surface area contributed by atoms with Gasteiger partial charge in [-0.25, -0.2) is 14.8 Å². The summed E-state index contributed by atoms with van der Waals surface area (Å²) in [6.45, 7) is 6.80. The summed E-state index contributed by atoms with van der Waals surface area (Å²) in [6.07, 6.45) is 2.49. The van der Waals surface area contributed by atoms with Crippen LogP contribution in [0.5, 0.6) is 0 Å². The molecule has 1 rings (SSSR count). The van der Waals surface area contributed by atoms with E-state index in [2.05, 4.69) is 15.3 Å². The van der Waals surface area contributed by atoms with Crippen LogP contribution < -0.4 is 5.32 Å². The normalized spacial score (nSPS) is 12.7. The summed E-state index contributed by atoms with van der Waals surface area (Å²) < 4.78 is 5.14. The van der Waals surface area contributed by atoms with E-state index in [1.165, 1.54) is 19.3 Å². The van der Waals surface area contributed by atoms with Crippen molar-refractivity contribution in [3.05, 3.63) is 23.2 Å². The minimum absolute atomic E-state index is 0.0832. The zero-order valence-corrected chi connectivity index (χ0v) is 12.0. The summed E-state index contributed by atoms with van der Waals surface area (Å²) in [5.41, 5.74) is -0.518. The number of amides is 1. The quantitative estimate of drug-likeness (QED) is 0.853. The van der Waals surface area contributed by atoms with Gasteiger partial charge >= 0.3 is 5.97 Å². The second kappa shape index (κ2) is 5.97. The van der Waals surface area contributed by atoms with Crippen LogP contribution in [0, 0.1) is 0 Å². The number of aromatic nitrogens is 2. The van der Waals surface area contributed by atoms with Gasteiger partial charge in [-0.1, -0.05) is 11.6 Å². The molecule has 0 fully saturated rings. The summed E-state index contributed by atoms with van der Waals surface area (Å²) in [5, 5.41) is 2.67. The summed E-state index contributed by atoms with van der Waals surface area (Å²) in [5.74, 6) is -1.02. The van der Waals surface area contributed by atoms with Gasteiger partial charge in [-0.3, -0.25) is 4.79 Å². The fourth-order valence-electron chi connectivity index (χ4n) is 1.15. The Hall–Kier alpha value is -1.69. The van der Waals surface area contributed by atoms with Crippen molar-refractivity contribution >= 4 is 23.5 Å². The third-order valence-corrected chi connectivity index (χ3v) is 2.16. The van der Waals surface area contributed by atoms with Crippen LogP contribution in [0.4, 0.5) is 0 Å². The molecule has 1 heterocycles. The van der Waals surface area contributed by atoms with Crippen LogP contribution >= 0.6 is 11.6 Å². The van der Waals surface area contributed by atoms with E-state index in [9.17, 15) is 9.59 Å². The third kappa shape index (κ3) is 5.21. The van der Waals surface area contributed by atoms with Gasteiger partial charge in [0.25, 0.3) is 5.91 Å². The standard InChI is InChI=1S/C12H16ClN3O3/c1-7(11(18)19-12(2,3)4)16-10(17)8-5-15-9(13)6-14-8/h5-7H,1-4H3,(H,16,17)/t7-/m1/s1. The first-order valence-corrected chi connectivity index (χ1v) is 6.08. The lowest BCUT2D eigenvalue weighted by Gasteiger charge is -2.22. The van der Waals surface area contributed by atoms with Crippen LogP contribution in [-0.2, 0) is 9.53 Å². The Labute approximate surface area is 116 Å². The average Bonchev–Trinajstić information content (AvgIpc) is 2.27. The van der Waals surface area contributed by atoms with Gasteiger partial charge in [-0.2, -0.15) is 0 Å². The molecule has 1 aromatic heterocycles. The topological polar surface area (TPSA) is 81.2 Å². The highest BCUT2D eigenvalue weighted by molar-refractivity contribution is 6.29. The van der Waals surface area contributed by atoms with Gasteiger partial charge in [-0.15, -0.1) is 0 Å². The van der Waals surface area contributed by atoms with Crippen molar-refractivity contribution in [1.29, 1.82) is 0 Å². The monoisotopic (exact) mass is 285 g/mol. The molecular formula is C12H16ClN3O3.